The van der Waals surface area contributed by atoms with Crippen molar-refractivity contribution in [1.29, 1.82) is 0 Å². The quantitative estimate of drug-likeness (QED) is 0.246. The Bertz CT molecular complexity index is 882. The number of benzene rings is 1. The summed E-state index contributed by atoms with van der Waals surface area (Å²) < 4.78 is 20.3. The predicted molar refractivity (Wildman–Crippen MR) is 111 cm³/mol. The monoisotopic (exact) mass is 462 g/mol. The third-order valence-electron chi connectivity index (χ3n) is 5.19. The molecule has 2 aliphatic heterocycles. The van der Waals surface area contributed by atoms with Crippen molar-refractivity contribution in [3.63, 3.8) is 0 Å². The number of carbonyl (C=O) groups is 5. The normalized spacial score (nSPS) is 18.2. The molecule has 1 saturated heterocycles. The molecule has 1 aromatic rings. The van der Waals surface area contributed by atoms with Gasteiger partial charge in [0.2, 0.25) is 5.91 Å². The number of piperidine rings is 1. The average Bonchev–Trinajstić information content (AvgIpc) is 3.06. The van der Waals surface area contributed by atoms with Crippen molar-refractivity contribution in [1.82, 2.24) is 9.80 Å². The largest absolute Gasteiger partial charge is 0.464 e. The van der Waals surface area contributed by atoms with Gasteiger partial charge in [-0.3, -0.25) is 29.0 Å². The van der Waals surface area contributed by atoms with Crippen molar-refractivity contribution in [2.24, 2.45) is 0 Å². The summed E-state index contributed by atoms with van der Waals surface area (Å²) in [6.07, 6.45) is 0.495. The van der Waals surface area contributed by atoms with Gasteiger partial charge in [-0.25, -0.2) is 4.79 Å². The molecule has 11 nitrogen and oxygen atoms in total. The van der Waals surface area contributed by atoms with Crippen LogP contribution in [-0.2, 0) is 33.3 Å². The lowest BCUT2D eigenvalue weighted by molar-refractivity contribution is -0.163. The molecule has 0 aliphatic carbocycles. The summed E-state index contributed by atoms with van der Waals surface area (Å²) in [5, 5.41) is 0. The second-order valence-electron chi connectivity index (χ2n) is 7.40. The Hall–Kier alpha value is -3.15. The highest BCUT2D eigenvalue weighted by molar-refractivity contribution is 6.23. The van der Waals surface area contributed by atoms with Crippen LogP contribution in [0, 0.1) is 0 Å². The molecule has 178 valence electrons. The van der Waals surface area contributed by atoms with E-state index in [-0.39, 0.29) is 30.6 Å². The Kier molecular flexibility index (Phi) is 8.64. The smallest absolute Gasteiger partial charge is 0.332 e. The first kappa shape index (κ1) is 24.5. The lowest BCUT2D eigenvalue weighted by Gasteiger charge is -2.34. The minimum atomic E-state index is -1.11. The number of methoxy groups -OCH3 is 1. The first-order chi connectivity index (χ1) is 16.0. The van der Waals surface area contributed by atoms with Gasteiger partial charge in [0.05, 0.1) is 30.9 Å². The highest BCUT2D eigenvalue weighted by atomic mass is 16.6. The molecule has 0 spiro atoms. The number of esters is 1. The topological polar surface area (TPSA) is 129 Å². The lowest BCUT2D eigenvalue weighted by atomic mass is 10.0. The van der Waals surface area contributed by atoms with E-state index in [1.807, 2.05) is 0 Å². The molecule has 1 aromatic carbocycles. The Morgan fingerprint density at radius 2 is 1.67 bits per heavy atom. The van der Waals surface area contributed by atoms with Crippen LogP contribution in [0.25, 0.3) is 0 Å². The molecule has 0 aromatic heterocycles. The molecule has 0 radical (unpaired) electrons. The highest BCUT2D eigenvalue weighted by Crippen LogP contribution is 2.28. The van der Waals surface area contributed by atoms with Gasteiger partial charge in [0, 0.05) is 26.6 Å². The van der Waals surface area contributed by atoms with Gasteiger partial charge in [-0.05, 0) is 18.6 Å². The van der Waals surface area contributed by atoms with Crippen LogP contribution in [0.2, 0.25) is 0 Å². The molecule has 33 heavy (non-hydrogen) atoms. The number of ether oxygens (including phenoxy) is 4. The average molecular weight is 462 g/mol. The van der Waals surface area contributed by atoms with E-state index in [0.29, 0.717) is 26.2 Å². The van der Waals surface area contributed by atoms with E-state index in [1.165, 1.54) is 12.1 Å². The van der Waals surface area contributed by atoms with E-state index < -0.39 is 49.0 Å². The van der Waals surface area contributed by atoms with Gasteiger partial charge < -0.3 is 18.9 Å². The summed E-state index contributed by atoms with van der Waals surface area (Å²) >= 11 is 0. The Labute approximate surface area is 190 Å². The molecule has 2 aliphatic rings. The van der Waals surface area contributed by atoms with E-state index in [4.69, 9.17) is 18.9 Å². The Morgan fingerprint density at radius 3 is 2.33 bits per heavy atom. The highest BCUT2D eigenvalue weighted by Gasteiger charge is 2.46. The van der Waals surface area contributed by atoms with Gasteiger partial charge in [-0.1, -0.05) is 12.1 Å². The molecular weight excluding hydrogens is 436 g/mol. The molecule has 1 unspecified atom stereocenters. The first-order valence-corrected chi connectivity index (χ1v) is 10.6. The summed E-state index contributed by atoms with van der Waals surface area (Å²) in [6.45, 7) is 0.542. The van der Waals surface area contributed by atoms with Gasteiger partial charge in [-0.2, -0.15) is 0 Å². The van der Waals surface area contributed by atoms with E-state index in [9.17, 15) is 24.0 Å². The number of carbonyl (C=O) groups excluding carboxylic acids is 5. The van der Waals surface area contributed by atoms with Gasteiger partial charge >= 0.3 is 5.97 Å². The summed E-state index contributed by atoms with van der Waals surface area (Å²) in [7, 11) is 1.57. The van der Waals surface area contributed by atoms with Crippen molar-refractivity contribution in [2.75, 3.05) is 46.9 Å². The molecule has 0 saturated carbocycles. The maximum absolute atomic E-state index is 12.9. The molecule has 2 heterocycles. The van der Waals surface area contributed by atoms with Crippen LogP contribution in [0.15, 0.2) is 24.3 Å². The van der Waals surface area contributed by atoms with Crippen LogP contribution >= 0.6 is 0 Å². The molecule has 1 atom stereocenters. The standard InChI is InChI=1S/C22H26N2O9/c1-30-11-12-31-9-4-10-33-19(26)13-32-14-23-18(25)8-7-17(22(23)29)24-20(27)15-5-2-3-6-16(15)21(24)28/h2-3,5-6,17H,4,7-14H2,1H3. The van der Waals surface area contributed by atoms with Crippen molar-refractivity contribution in [3.05, 3.63) is 35.4 Å². The fourth-order valence-electron chi connectivity index (χ4n) is 3.54. The van der Waals surface area contributed by atoms with Crippen LogP contribution < -0.4 is 0 Å². The maximum Gasteiger partial charge on any atom is 0.332 e. The zero-order valence-electron chi connectivity index (χ0n) is 18.3. The minimum Gasteiger partial charge on any atom is -0.464 e. The van der Waals surface area contributed by atoms with E-state index in [1.54, 1.807) is 19.2 Å². The summed E-state index contributed by atoms with van der Waals surface area (Å²) in [4.78, 5) is 64.0. The first-order valence-electron chi connectivity index (χ1n) is 10.6. The van der Waals surface area contributed by atoms with Crippen LogP contribution in [-0.4, -0.2) is 92.3 Å². The number of hydrogen-bond acceptors (Lipinski definition) is 9. The van der Waals surface area contributed by atoms with Crippen LogP contribution in [0.4, 0.5) is 0 Å². The number of fused-ring (bicyclic) bond motifs is 1. The Balaban J connectivity index is 1.46. The summed E-state index contributed by atoms with van der Waals surface area (Å²) in [5.41, 5.74) is 0.448. The zero-order chi connectivity index (χ0) is 23.8. The number of amides is 4. The Morgan fingerprint density at radius 1 is 0.970 bits per heavy atom. The fourth-order valence-corrected chi connectivity index (χ4v) is 3.54. The van der Waals surface area contributed by atoms with Crippen molar-refractivity contribution in [2.45, 2.75) is 25.3 Å². The van der Waals surface area contributed by atoms with E-state index in [2.05, 4.69) is 0 Å². The summed E-state index contributed by atoms with van der Waals surface area (Å²) in [5.74, 6) is -3.02. The molecule has 4 amide bonds. The predicted octanol–water partition coefficient (Wildman–Crippen LogP) is 0.371. The molecule has 3 rings (SSSR count). The van der Waals surface area contributed by atoms with Gasteiger partial charge in [0.15, 0.2) is 0 Å². The van der Waals surface area contributed by atoms with Gasteiger partial charge in [0.25, 0.3) is 17.7 Å². The fraction of sp³-hybridized carbons (Fsp3) is 0.500. The number of likely N-dealkylation sites (tertiary alicyclic amines) is 1. The second-order valence-corrected chi connectivity index (χ2v) is 7.40. The number of nitrogens with zero attached hydrogens (tertiary/aromatic N) is 2. The molecule has 0 bridgehead atoms. The second kappa shape index (κ2) is 11.6. The van der Waals surface area contributed by atoms with Gasteiger partial charge in [0.1, 0.15) is 19.4 Å². The molecule has 0 N–H and O–H groups in total. The van der Waals surface area contributed by atoms with Crippen LogP contribution in [0.3, 0.4) is 0 Å². The van der Waals surface area contributed by atoms with Crippen LogP contribution in [0.1, 0.15) is 40.0 Å². The zero-order valence-corrected chi connectivity index (χ0v) is 18.3. The van der Waals surface area contributed by atoms with Crippen molar-refractivity contribution >= 4 is 29.6 Å². The van der Waals surface area contributed by atoms with Crippen molar-refractivity contribution in [3.8, 4) is 0 Å². The van der Waals surface area contributed by atoms with Gasteiger partial charge in [-0.15, -0.1) is 0 Å². The van der Waals surface area contributed by atoms with E-state index >= 15 is 0 Å². The molecular formula is C22H26N2O9. The summed E-state index contributed by atoms with van der Waals surface area (Å²) in [6, 6.07) is 5.20. The van der Waals surface area contributed by atoms with Crippen molar-refractivity contribution < 1.29 is 42.9 Å². The minimum absolute atomic E-state index is 0.0358. The number of imide groups is 2. The SMILES string of the molecule is COCCOCCCOC(=O)COCN1C(=O)CCC(N2C(=O)c3ccccc3C2=O)C1=O. The third kappa shape index (κ3) is 5.81. The van der Waals surface area contributed by atoms with Crippen LogP contribution in [0.5, 0.6) is 0 Å². The molecule has 1 fully saturated rings. The third-order valence-corrected chi connectivity index (χ3v) is 5.19. The lowest BCUT2D eigenvalue weighted by Crippen LogP contribution is -2.56. The van der Waals surface area contributed by atoms with E-state index in [0.717, 1.165) is 9.80 Å². The molecule has 11 heteroatoms. The number of rotatable bonds is 12. The number of hydrogen-bond donors (Lipinski definition) is 0. The maximum atomic E-state index is 12.9.